The molecule has 0 aromatic carbocycles. The van der Waals surface area contributed by atoms with Crippen molar-refractivity contribution in [2.75, 3.05) is 6.61 Å². The Labute approximate surface area is 90.7 Å². The number of carbonyl (C=O) groups excluding carboxylic acids is 1. The van der Waals surface area contributed by atoms with E-state index < -0.39 is 5.97 Å². The van der Waals surface area contributed by atoms with Crippen LogP contribution in [0.3, 0.4) is 0 Å². The van der Waals surface area contributed by atoms with E-state index in [1.165, 1.54) is 17.0 Å². The first-order chi connectivity index (χ1) is 7.24. The predicted molar refractivity (Wildman–Crippen MR) is 54.0 cm³/mol. The highest BCUT2D eigenvalue weighted by atomic mass is 32.1. The Morgan fingerprint density at radius 2 is 2.40 bits per heavy atom. The molecule has 0 aliphatic heterocycles. The summed E-state index contributed by atoms with van der Waals surface area (Å²) in [5.74, 6) is -0.0690. The van der Waals surface area contributed by atoms with Gasteiger partial charge in [-0.15, -0.1) is 12.6 Å². The molecule has 2 aromatic heterocycles. The summed E-state index contributed by atoms with van der Waals surface area (Å²) in [5.41, 5.74) is 0.276. The Hall–Kier alpha value is -1.63. The zero-order valence-electron chi connectivity index (χ0n) is 7.91. The van der Waals surface area contributed by atoms with Gasteiger partial charge < -0.3 is 4.74 Å². The van der Waals surface area contributed by atoms with Crippen molar-refractivity contribution in [3.63, 3.8) is 0 Å². The lowest BCUT2D eigenvalue weighted by Gasteiger charge is -2.04. The number of fused-ring (bicyclic) bond motifs is 1. The molecule has 0 atom stereocenters. The van der Waals surface area contributed by atoms with E-state index in [-0.39, 0.29) is 5.56 Å². The maximum absolute atomic E-state index is 11.5. The molecule has 0 N–H and O–H groups in total. The Kier molecular flexibility index (Phi) is 2.55. The summed E-state index contributed by atoms with van der Waals surface area (Å²) >= 11 is 4.18. The molecule has 2 rings (SSSR count). The average Bonchev–Trinajstić information content (AvgIpc) is 2.67. The minimum atomic E-state index is -0.465. The van der Waals surface area contributed by atoms with Gasteiger partial charge in [-0.1, -0.05) is 0 Å². The van der Waals surface area contributed by atoms with E-state index in [2.05, 4.69) is 27.7 Å². The van der Waals surface area contributed by atoms with E-state index in [0.717, 1.165) is 0 Å². The van der Waals surface area contributed by atoms with Gasteiger partial charge in [0.25, 0.3) is 5.78 Å². The first-order valence-electron chi connectivity index (χ1n) is 4.29. The smallest absolute Gasteiger partial charge is 0.342 e. The first-order valence-corrected chi connectivity index (χ1v) is 4.73. The third kappa shape index (κ3) is 1.65. The van der Waals surface area contributed by atoms with Crippen molar-refractivity contribution in [3.8, 4) is 0 Å². The monoisotopic (exact) mass is 224 g/mol. The van der Waals surface area contributed by atoms with Gasteiger partial charge in [0.1, 0.15) is 16.9 Å². The second kappa shape index (κ2) is 3.85. The van der Waals surface area contributed by atoms with Crippen molar-refractivity contribution in [1.29, 1.82) is 0 Å². The molecule has 0 amide bonds. The van der Waals surface area contributed by atoms with Crippen LogP contribution in [-0.4, -0.2) is 32.2 Å². The molecule has 78 valence electrons. The molecule has 2 heterocycles. The summed E-state index contributed by atoms with van der Waals surface area (Å²) in [5, 5.41) is 4.25. The van der Waals surface area contributed by atoms with Crippen LogP contribution in [0, 0.1) is 0 Å². The summed E-state index contributed by atoms with van der Waals surface area (Å²) in [6.45, 7) is 2.04. The molecule has 0 aliphatic carbocycles. The highest BCUT2D eigenvalue weighted by Gasteiger charge is 2.14. The Balaban J connectivity index is 2.52. The first kappa shape index (κ1) is 9.91. The Bertz CT molecular complexity index is 510. The molecule has 0 aliphatic rings. The third-order valence-electron chi connectivity index (χ3n) is 1.78. The van der Waals surface area contributed by atoms with Gasteiger partial charge in [0.05, 0.1) is 6.61 Å². The number of thiol groups is 1. The molecule has 0 saturated carbocycles. The fraction of sp³-hybridized carbons (Fsp3) is 0.250. The van der Waals surface area contributed by atoms with Gasteiger partial charge >= 0.3 is 5.97 Å². The largest absolute Gasteiger partial charge is 0.462 e. The van der Waals surface area contributed by atoms with Crippen LogP contribution in [0.2, 0.25) is 0 Å². The molecule has 15 heavy (non-hydrogen) atoms. The van der Waals surface area contributed by atoms with Gasteiger partial charge in [0, 0.05) is 6.20 Å². The number of aromatic nitrogens is 4. The summed E-state index contributed by atoms with van der Waals surface area (Å²) in [6.07, 6.45) is 2.72. The lowest BCUT2D eigenvalue weighted by molar-refractivity contribution is 0.0520. The van der Waals surface area contributed by atoms with Crippen LogP contribution in [-0.2, 0) is 4.74 Å². The third-order valence-corrected chi connectivity index (χ3v) is 2.21. The number of nitrogens with zero attached hydrogens (tertiary/aromatic N) is 4. The van der Waals surface area contributed by atoms with E-state index >= 15 is 0 Å². The van der Waals surface area contributed by atoms with E-state index in [0.29, 0.717) is 17.4 Å². The minimum Gasteiger partial charge on any atom is -0.462 e. The van der Waals surface area contributed by atoms with Gasteiger partial charge in [-0.2, -0.15) is 14.6 Å². The van der Waals surface area contributed by atoms with Crippen molar-refractivity contribution in [3.05, 3.63) is 18.1 Å². The number of hydrogen-bond donors (Lipinski definition) is 1. The van der Waals surface area contributed by atoms with Gasteiger partial charge in [-0.05, 0) is 6.92 Å². The molecule has 0 fully saturated rings. The van der Waals surface area contributed by atoms with Gasteiger partial charge in [-0.3, -0.25) is 0 Å². The quantitative estimate of drug-likeness (QED) is 0.459. The highest BCUT2D eigenvalue weighted by molar-refractivity contribution is 7.80. The van der Waals surface area contributed by atoms with E-state index in [9.17, 15) is 4.79 Å². The summed E-state index contributed by atoms with van der Waals surface area (Å²) in [4.78, 5) is 19.3. The molecule has 7 heteroatoms. The van der Waals surface area contributed by atoms with Crippen LogP contribution in [0.4, 0.5) is 0 Å². The minimum absolute atomic E-state index is 0.276. The van der Waals surface area contributed by atoms with Gasteiger partial charge in [-0.25, -0.2) is 9.78 Å². The van der Waals surface area contributed by atoms with Crippen LogP contribution in [0.15, 0.2) is 17.6 Å². The van der Waals surface area contributed by atoms with Gasteiger partial charge in [0.15, 0.2) is 0 Å². The second-order valence-electron chi connectivity index (χ2n) is 2.69. The Morgan fingerprint density at radius 1 is 1.60 bits per heavy atom. The summed E-state index contributed by atoms with van der Waals surface area (Å²) < 4.78 is 6.22. The van der Waals surface area contributed by atoms with Crippen LogP contribution in [0.5, 0.6) is 0 Å². The molecule has 0 bridgehead atoms. The molecule has 2 aromatic rings. The van der Waals surface area contributed by atoms with Crippen molar-refractivity contribution in [1.82, 2.24) is 19.6 Å². The normalized spacial score (nSPS) is 10.5. The zero-order chi connectivity index (χ0) is 10.8. The average molecular weight is 224 g/mol. The van der Waals surface area contributed by atoms with Crippen LogP contribution in [0.25, 0.3) is 5.78 Å². The maximum Gasteiger partial charge on any atom is 0.342 e. The highest BCUT2D eigenvalue weighted by Crippen LogP contribution is 2.13. The summed E-state index contributed by atoms with van der Waals surface area (Å²) in [6, 6.07) is 0. The maximum atomic E-state index is 11.5. The number of ether oxygens (including phenoxy) is 1. The molecule has 0 saturated heterocycles. The fourth-order valence-electron chi connectivity index (χ4n) is 1.12. The SMILES string of the molecule is CCOC(=O)c1cnc2ncnn2c1S. The van der Waals surface area contributed by atoms with Crippen molar-refractivity contribution >= 4 is 24.4 Å². The fourth-order valence-corrected chi connectivity index (χ4v) is 1.41. The topological polar surface area (TPSA) is 69.4 Å². The number of carbonyl (C=O) groups is 1. The molecular weight excluding hydrogens is 216 g/mol. The van der Waals surface area contributed by atoms with Crippen molar-refractivity contribution < 1.29 is 9.53 Å². The van der Waals surface area contributed by atoms with E-state index in [4.69, 9.17) is 4.74 Å². The number of rotatable bonds is 2. The molecular formula is C8H8N4O2S. The van der Waals surface area contributed by atoms with Gasteiger partial charge in [0.2, 0.25) is 0 Å². The summed E-state index contributed by atoms with van der Waals surface area (Å²) in [7, 11) is 0. The molecule has 0 radical (unpaired) electrons. The van der Waals surface area contributed by atoms with Crippen molar-refractivity contribution in [2.45, 2.75) is 11.9 Å². The van der Waals surface area contributed by atoms with E-state index in [1.807, 2.05) is 0 Å². The van der Waals surface area contributed by atoms with Crippen molar-refractivity contribution in [2.24, 2.45) is 0 Å². The number of esters is 1. The second-order valence-corrected chi connectivity index (χ2v) is 3.11. The van der Waals surface area contributed by atoms with E-state index in [1.54, 1.807) is 6.92 Å². The molecule has 6 nitrogen and oxygen atoms in total. The Morgan fingerprint density at radius 3 is 3.13 bits per heavy atom. The van der Waals surface area contributed by atoms with Crippen LogP contribution >= 0.6 is 12.6 Å². The lowest BCUT2D eigenvalue weighted by Crippen LogP contribution is -2.09. The molecule has 0 unspecified atom stereocenters. The van der Waals surface area contributed by atoms with Crippen LogP contribution < -0.4 is 0 Å². The number of hydrogen-bond acceptors (Lipinski definition) is 6. The zero-order valence-corrected chi connectivity index (χ0v) is 8.81. The lowest BCUT2D eigenvalue weighted by atomic mass is 10.3. The molecule has 0 spiro atoms. The van der Waals surface area contributed by atoms with Crippen LogP contribution in [0.1, 0.15) is 17.3 Å². The standard InChI is InChI=1S/C8H8N4O2S/c1-2-14-7(13)5-3-9-8-10-4-11-12(8)6(5)15/h3-4,15H,2H2,1H3. The predicted octanol–water partition coefficient (Wildman–Crippen LogP) is 0.590.